The highest BCUT2D eigenvalue weighted by molar-refractivity contribution is 9.10. The molecule has 0 saturated heterocycles. The van der Waals surface area contributed by atoms with Gasteiger partial charge in [-0.3, -0.25) is 4.79 Å². The first kappa shape index (κ1) is 12.9. The Hall–Kier alpha value is -1.17. The lowest BCUT2D eigenvalue weighted by Crippen LogP contribution is -2.29. The van der Waals surface area contributed by atoms with Crippen LogP contribution in [0.25, 0.3) is 0 Å². The number of nitrogen functional groups attached to an aromatic ring is 1. The van der Waals surface area contributed by atoms with Crippen molar-refractivity contribution in [1.29, 1.82) is 0 Å². The molecular weight excluding hydrogens is 282 g/mol. The molecule has 3 N–H and O–H groups in total. The molecule has 1 amide bonds. The minimum atomic E-state index is -2.56. The molecule has 0 bridgehead atoms. The number of anilines is 1. The fourth-order valence-corrected chi connectivity index (χ4v) is 1.68. The summed E-state index contributed by atoms with van der Waals surface area (Å²) < 4.78 is 24.5. The topological polar surface area (TPSA) is 55.1 Å². The maximum atomic E-state index is 11.9. The van der Waals surface area contributed by atoms with E-state index in [2.05, 4.69) is 21.2 Å². The lowest BCUT2D eigenvalue weighted by Gasteiger charge is -2.10. The SMILES string of the molecule is Cc1c(N)cc(Br)cc1C(=O)NCC(F)F. The van der Waals surface area contributed by atoms with E-state index in [-0.39, 0.29) is 0 Å². The quantitative estimate of drug-likeness (QED) is 0.840. The summed E-state index contributed by atoms with van der Waals surface area (Å²) in [6, 6.07) is 3.20. The van der Waals surface area contributed by atoms with Gasteiger partial charge < -0.3 is 11.1 Å². The first-order chi connectivity index (χ1) is 7.41. The van der Waals surface area contributed by atoms with Gasteiger partial charge in [-0.2, -0.15) is 0 Å². The average Bonchev–Trinajstić information content (AvgIpc) is 2.19. The fourth-order valence-electron chi connectivity index (χ4n) is 1.20. The Morgan fingerprint density at radius 3 is 2.75 bits per heavy atom. The molecule has 0 unspecified atom stereocenters. The van der Waals surface area contributed by atoms with Crippen LogP contribution in [0, 0.1) is 6.92 Å². The zero-order valence-electron chi connectivity index (χ0n) is 8.56. The van der Waals surface area contributed by atoms with Crippen LogP contribution in [0.1, 0.15) is 15.9 Å². The average molecular weight is 293 g/mol. The van der Waals surface area contributed by atoms with E-state index >= 15 is 0 Å². The minimum absolute atomic E-state index is 0.299. The Kier molecular flexibility index (Phi) is 4.23. The number of hydrogen-bond acceptors (Lipinski definition) is 2. The summed E-state index contributed by atoms with van der Waals surface area (Å²) in [6.45, 7) is 1.00. The van der Waals surface area contributed by atoms with Gasteiger partial charge >= 0.3 is 0 Å². The Morgan fingerprint density at radius 1 is 1.56 bits per heavy atom. The number of hydrogen-bond donors (Lipinski definition) is 2. The van der Waals surface area contributed by atoms with E-state index < -0.39 is 18.9 Å². The van der Waals surface area contributed by atoms with E-state index in [0.717, 1.165) is 0 Å². The van der Waals surface area contributed by atoms with Crippen LogP contribution in [0.15, 0.2) is 16.6 Å². The molecule has 1 rings (SSSR count). The molecule has 1 aromatic carbocycles. The molecule has 0 fully saturated rings. The summed E-state index contributed by atoms with van der Waals surface area (Å²) in [5, 5.41) is 2.13. The lowest BCUT2D eigenvalue weighted by molar-refractivity contribution is 0.0891. The molecule has 0 aliphatic carbocycles. The maximum Gasteiger partial charge on any atom is 0.255 e. The summed E-state index contributed by atoms with van der Waals surface area (Å²) in [6.07, 6.45) is -2.56. The fraction of sp³-hybridized carbons (Fsp3) is 0.300. The number of amides is 1. The lowest BCUT2D eigenvalue weighted by atomic mass is 10.1. The first-order valence-electron chi connectivity index (χ1n) is 4.53. The normalized spacial score (nSPS) is 10.6. The van der Waals surface area contributed by atoms with Crippen molar-refractivity contribution >= 4 is 27.5 Å². The van der Waals surface area contributed by atoms with Crippen molar-refractivity contribution < 1.29 is 13.6 Å². The van der Waals surface area contributed by atoms with Crippen LogP contribution < -0.4 is 11.1 Å². The Bertz CT molecular complexity index is 410. The zero-order valence-corrected chi connectivity index (χ0v) is 10.1. The van der Waals surface area contributed by atoms with Gasteiger partial charge in [0.2, 0.25) is 0 Å². The van der Waals surface area contributed by atoms with Crippen LogP contribution >= 0.6 is 15.9 Å². The van der Waals surface area contributed by atoms with E-state index in [1.54, 1.807) is 19.1 Å². The second-order valence-electron chi connectivity index (χ2n) is 3.27. The Balaban J connectivity index is 2.91. The molecule has 0 heterocycles. The van der Waals surface area contributed by atoms with Gasteiger partial charge in [0.25, 0.3) is 12.3 Å². The summed E-state index contributed by atoms with van der Waals surface area (Å²) in [5.74, 6) is -0.550. The number of rotatable bonds is 3. The first-order valence-corrected chi connectivity index (χ1v) is 5.33. The third-order valence-electron chi connectivity index (χ3n) is 2.07. The smallest absolute Gasteiger partial charge is 0.255 e. The third kappa shape index (κ3) is 3.16. The predicted molar refractivity (Wildman–Crippen MR) is 61.6 cm³/mol. The second kappa shape index (κ2) is 5.25. The van der Waals surface area contributed by atoms with E-state index in [1.165, 1.54) is 0 Å². The molecule has 6 heteroatoms. The summed E-state index contributed by atoms with van der Waals surface area (Å²) in [7, 11) is 0. The molecular formula is C10H11BrF2N2O. The van der Waals surface area contributed by atoms with Crippen molar-refractivity contribution in [3.63, 3.8) is 0 Å². The largest absolute Gasteiger partial charge is 0.398 e. The molecule has 3 nitrogen and oxygen atoms in total. The van der Waals surface area contributed by atoms with Crippen molar-refractivity contribution in [2.24, 2.45) is 0 Å². The monoisotopic (exact) mass is 292 g/mol. The molecule has 88 valence electrons. The molecule has 16 heavy (non-hydrogen) atoms. The zero-order chi connectivity index (χ0) is 12.3. The van der Waals surface area contributed by atoms with Gasteiger partial charge in [0.15, 0.2) is 0 Å². The van der Waals surface area contributed by atoms with Gasteiger partial charge in [0.1, 0.15) is 0 Å². The van der Waals surface area contributed by atoms with Crippen LogP contribution in [0.4, 0.5) is 14.5 Å². The van der Waals surface area contributed by atoms with Crippen LogP contribution in [-0.2, 0) is 0 Å². The van der Waals surface area contributed by atoms with Crippen LogP contribution in [0.2, 0.25) is 0 Å². The van der Waals surface area contributed by atoms with Gasteiger partial charge in [-0.05, 0) is 24.6 Å². The van der Waals surface area contributed by atoms with Gasteiger partial charge in [-0.1, -0.05) is 15.9 Å². The van der Waals surface area contributed by atoms with E-state index in [9.17, 15) is 13.6 Å². The number of halogens is 3. The molecule has 0 aliphatic rings. The molecule has 0 spiro atoms. The van der Waals surface area contributed by atoms with Gasteiger partial charge in [0.05, 0.1) is 6.54 Å². The highest BCUT2D eigenvalue weighted by Gasteiger charge is 2.13. The van der Waals surface area contributed by atoms with Crippen molar-refractivity contribution in [3.05, 3.63) is 27.7 Å². The van der Waals surface area contributed by atoms with Gasteiger partial charge in [-0.25, -0.2) is 8.78 Å². The van der Waals surface area contributed by atoms with Crippen molar-refractivity contribution in [2.75, 3.05) is 12.3 Å². The number of nitrogens with one attached hydrogen (secondary N) is 1. The van der Waals surface area contributed by atoms with Crippen LogP contribution in [0.5, 0.6) is 0 Å². The third-order valence-corrected chi connectivity index (χ3v) is 2.53. The summed E-state index contributed by atoms with van der Waals surface area (Å²) in [5.41, 5.74) is 6.98. The van der Waals surface area contributed by atoms with Crippen LogP contribution in [0.3, 0.4) is 0 Å². The minimum Gasteiger partial charge on any atom is -0.398 e. The number of nitrogens with two attached hydrogens (primary N) is 1. The van der Waals surface area contributed by atoms with Crippen LogP contribution in [-0.4, -0.2) is 18.9 Å². The molecule has 0 aromatic heterocycles. The molecule has 0 radical (unpaired) electrons. The predicted octanol–water partition coefficient (Wildman–Crippen LogP) is 2.33. The summed E-state index contributed by atoms with van der Waals surface area (Å²) >= 11 is 3.19. The van der Waals surface area contributed by atoms with Crippen molar-refractivity contribution in [2.45, 2.75) is 13.3 Å². The highest BCUT2D eigenvalue weighted by atomic mass is 79.9. The van der Waals surface area contributed by atoms with E-state index in [1.807, 2.05) is 0 Å². The van der Waals surface area contributed by atoms with E-state index in [4.69, 9.17) is 5.73 Å². The number of alkyl halides is 2. The molecule has 0 saturated carbocycles. The van der Waals surface area contributed by atoms with Crippen molar-refractivity contribution in [3.8, 4) is 0 Å². The number of carbonyl (C=O) groups excluding carboxylic acids is 1. The van der Waals surface area contributed by atoms with Gasteiger partial charge in [0, 0.05) is 15.7 Å². The molecule has 0 aliphatic heterocycles. The number of carbonyl (C=O) groups is 1. The molecule has 0 atom stereocenters. The summed E-state index contributed by atoms with van der Waals surface area (Å²) in [4.78, 5) is 11.6. The number of benzene rings is 1. The highest BCUT2D eigenvalue weighted by Crippen LogP contribution is 2.22. The van der Waals surface area contributed by atoms with E-state index in [0.29, 0.717) is 21.3 Å². The molecule has 1 aromatic rings. The maximum absolute atomic E-state index is 11.9. The van der Waals surface area contributed by atoms with Gasteiger partial charge in [-0.15, -0.1) is 0 Å². The Labute approximate surface area is 100 Å². The Morgan fingerprint density at radius 2 is 2.19 bits per heavy atom. The van der Waals surface area contributed by atoms with Crippen molar-refractivity contribution in [1.82, 2.24) is 5.32 Å². The standard InChI is InChI=1S/C10H11BrF2N2O/c1-5-7(2-6(11)3-8(5)14)10(16)15-4-9(12)13/h2-3,9H,4,14H2,1H3,(H,15,16). The second-order valence-corrected chi connectivity index (χ2v) is 4.18.